The number of carbonyl (C=O) groups excluding carboxylic acids is 3. The number of nitro groups is 1. The fourth-order valence-electron chi connectivity index (χ4n) is 4.94. The van der Waals surface area contributed by atoms with Gasteiger partial charge in [-0.3, -0.25) is 24.6 Å². The van der Waals surface area contributed by atoms with Crippen LogP contribution in [0.25, 0.3) is 0 Å². The van der Waals surface area contributed by atoms with E-state index in [0.29, 0.717) is 18.4 Å². The van der Waals surface area contributed by atoms with Gasteiger partial charge in [0.15, 0.2) is 0 Å². The number of nitrogens with zero attached hydrogens (tertiary/aromatic N) is 2. The van der Waals surface area contributed by atoms with E-state index in [1.54, 1.807) is 6.07 Å². The number of carbonyl (C=O) groups is 3. The van der Waals surface area contributed by atoms with Crippen molar-refractivity contribution in [1.82, 2.24) is 10.2 Å². The average Bonchev–Trinajstić information content (AvgIpc) is 2.78. The van der Waals surface area contributed by atoms with Gasteiger partial charge < -0.3 is 10.6 Å². The van der Waals surface area contributed by atoms with Gasteiger partial charge in [0, 0.05) is 6.07 Å². The van der Waals surface area contributed by atoms with E-state index in [9.17, 15) is 24.5 Å². The highest BCUT2D eigenvalue weighted by atomic mass is 16.6. The molecular weight excluding hydrogens is 376 g/mol. The molecule has 1 heterocycles. The molecule has 0 bridgehead atoms. The summed E-state index contributed by atoms with van der Waals surface area (Å²) >= 11 is 0. The highest BCUT2D eigenvalue weighted by Gasteiger charge is 2.56. The summed E-state index contributed by atoms with van der Waals surface area (Å²) in [5.41, 5.74) is -0.602. The van der Waals surface area contributed by atoms with Gasteiger partial charge in [-0.1, -0.05) is 26.8 Å². The Morgan fingerprint density at radius 1 is 1.34 bits per heavy atom. The highest BCUT2D eigenvalue weighted by molar-refractivity contribution is 6.10. The topological polar surface area (TPSA) is 122 Å². The smallest absolute Gasteiger partial charge is 0.324 e. The molecule has 2 fully saturated rings. The molecule has 1 aliphatic carbocycles. The Balaban J connectivity index is 1.75. The zero-order valence-electron chi connectivity index (χ0n) is 17.1. The monoisotopic (exact) mass is 402 g/mol. The molecule has 1 aromatic rings. The summed E-state index contributed by atoms with van der Waals surface area (Å²) < 4.78 is 0. The lowest BCUT2D eigenvalue weighted by atomic mass is 9.64. The van der Waals surface area contributed by atoms with Crippen molar-refractivity contribution in [2.24, 2.45) is 11.3 Å². The maximum Gasteiger partial charge on any atom is 0.325 e. The Kier molecular flexibility index (Phi) is 5.10. The molecule has 156 valence electrons. The van der Waals surface area contributed by atoms with Gasteiger partial charge in [0.25, 0.3) is 11.6 Å². The van der Waals surface area contributed by atoms with Gasteiger partial charge in [0.05, 0.1) is 16.2 Å². The maximum absolute atomic E-state index is 13.1. The number of benzene rings is 1. The number of nitro benzene ring substituents is 1. The lowest BCUT2D eigenvalue weighted by molar-refractivity contribution is -0.385. The molecule has 3 rings (SSSR count). The summed E-state index contributed by atoms with van der Waals surface area (Å²) in [6.07, 6.45) is 2.03. The van der Waals surface area contributed by atoms with Gasteiger partial charge in [-0.15, -0.1) is 0 Å². The fourth-order valence-corrected chi connectivity index (χ4v) is 4.94. The van der Waals surface area contributed by atoms with Crippen molar-refractivity contribution in [3.05, 3.63) is 33.9 Å². The zero-order valence-corrected chi connectivity index (χ0v) is 17.1. The fraction of sp³-hybridized carbons (Fsp3) is 0.550. The minimum absolute atomic E-state index is 0.0983. The number of hydrogen-bond acceptors (Lipinski definition) is 5. The summed E-state index contributed by atoms with van der Waals surface area (Å²) in [4.78, 5) is 49.6. The van der Waals surface area contributed by atoms with Crippen LogP contribution in [0, 0.1) is 28.4 Å². The molecule has 29 heavy (non-hydrogen) atoms. The first kappa shape index (κ1) is 20.8. The van der Waals surface area contributed by atoms with Crippen molar-refractivity contribution < 1.29 is 19.3 Å². The summed E-state index contributed by atoms with van der Waals surface area (Å²) in [5, 5.41) is 16.5. The van der Waals surface area contributed by atoms with Crippen LogP contribution in [-0.2, 0) is 9.59 Å². The second kappa shape index (κ2) is 7.13. The minimum atomic E-state index is -0.972. The van der Waals surface area contributed by atoms with Gasteiger partial charge in [-0.2, -0.15) is 0 Å². The minimum Gasteiger partial charge on any atom is -0.324 e. The van der Waals surface area contributed by atoms with Gasteiger partial charge in [0.1, 0.15) is 12.1 Å². The van der Waals surface area contributed by atoms with Gasteiger partial charge >= 0.3 is 6.03 Å². The first-order chi connectivity index (χ1) is 13.4. The molecule has 0 radical (unpaired) electrons. The number of amides is 4. The molecule has 4 amide bonds. The largest absolute Gasteiger partial charge is 0.325 e. The summed E-state index contributed by atoms with van der Waals surface area (Å²) in [6.45, 7) is 7.29. The Morgan fingerprint density at radius 2 is 2.03 bits per heavy atom. The third-order valence-electron chi connectivity index (χ3n) is 5.70. The first-order valence-corrected chi connectivity index (χ1v) is 9.62. The number of nitrogens with one attached hydrogen (secondary N) is 2. The number of hydrogen-bond donors (Lipinski definition) is 2. The van der Waals surface area contributed by atoms with Crippen LogP contribution in [0.3, 0.4) is 0 Å². The van der Waals surface area contributed by atoms with Crippen molar-refractivity contribution in [2.75, 3.05) is 11.9 Å². The number of urea groups is 1. The molecule has 2 aliphatic rings. The molecule has 2 unspecified atom stereocenters. The molecule has 1 saturated carbocycles. The molecule has 1 saturated heterocycles. The molecule has 9 nitrogen and oxygen atoms in total. The van der Waals surface area contributed by atoms with E-state index in [-0.39, 0.29) is 28.6 Å². The quantitative estimate of drug-likeness (QED) is 0.455. The van der Waals surface area contributed by atoms with Gasteiger partial charge in [0.2, 0.25) is 5.91 Å². The Hall–Kier alpha value is -2.97. The SMILES string of the molecule is Cc1c(NC(=O)CN2C(=O)NC3(CC(C)CC(C)(C)C3)C2=O)cccc1[N+](=O)[O-]. The Labute approximate surface area is 169 Å². The molecule has 9 heteroatoms. The molecule has 0 aromatic heterocycles. The molecule has 1 aromatic carbocycles. The normalized spacial score (nSPS) is 25.8. The van der Waals surface area contributed by atoms with Crippen LogP contribution >= 0.6 is 0 Å². The Morgan fingerprint density at radius 3 is 2.66 bits per heavy atom. The second-order valence-electron chi connectivity index (χ2n) is 9.01. The summed E-state index contributed by atoms with van der Waals surface area (Å²) in [7, 11) is 0. The van der Waals surface area contributed by atoms with E-state index in [2.05, 4.69) is 31.4 Å². The van der Waals surface area contributed by atoms with Crippen molar-refractivity contribution >= 4 is 29.2 Å². The highest BCUT2D eigenvalue weighted by Crippen LogP contribution is 2.46. The van der Waals surface area contributed by atoms with Crippen LogP contribution in [0.2, 0.25) is 0 Å². The van der Waals surface area contributed by atoms with Crippen LogP contribution in [-0.4, -0.2) is 39.8 Å². The zero-order chi connectivity index (χ0) is 21.6. The van der Waals surface area contributed by atoms with Gasteiger partial charge in [-0.25, -0.2) is 4.79 Å². The molecule has 1 aliphatic heterocycles. The van der Waals surface area contributed by atoms with E-state index in [1.165, 1.54) is 19.1 Å². The molecule has 1 spiro atoms. The standard InChI is InChI=1S/C20H26N4O5/c1-12-8-19(3,4)11-20(9-12)17(26)23(18(27)22-20)10-16(25)21-14-6-5-7-15(13(14)2)24(28)29/h5-7,12H,8-11H2,1-4H3,(H,21,25)(H,22,27). The molecule has 2 N–H and O–H groups in total. The van der Waals surface area contributed by atoms with Crippen LogP contribution < -0.4 is 10.6 Å². The van der Waals surface area contributed by atoms with E-state index < -0.39 is 28.9 Å². The van der Waals surface area contributed by atoms with Crippen LogP contribution in [0.1, 0.15) is 45.6 Å². The van der Waals surface area contributed by atoms with Crippen LogP contribution in [0.4, 0.5) is 16.2 Å². The van der Waals surface area contributed by atoms with Crippen molar-refractivity contribution in [3.63, 3.8) is 0 Å². The van der Waals surface area contributed by atoms with Crippen molar-refractivity contribution in [3.8, 4) is 0 Å². The molecular formula is C20H26N4O5. The van der Waals surface area contributed by atoms with E-state index in [0.717, 1.165) is 11.3 Å². The number of anilines is 1. The van der Waals surface area contributed by atoms with Crippen LogP contribution in [0.15, 0.2) is 18.2 Å². The predicted molar refractivity (Wildman–Crippen MR) is 106 cm³/mol. The van der Waals surface area contributed by atoms with Gasteiger partial charge in [-0.05, 0) is 43.6 Å². The van der Waals surface area contributed by atoms with E-state index in [4.69, 9.17) is 0 Å². The molecule has 2 atom stereocenters. The lowest BCUT2D eigenvalue weighted by Gasteiger charge is -2.43. The van der Waals surface area contributed by atoms with Crippen molar-refractivity contribution in [1.29, 1.82) is 0 Å². The predicted octanol–water partition coefficient (Wildman–Crippen LogP) is 2.98. The van der Waals surface area contributed by atoms with E-state index in [1.807, 2.05) is 0 Å². The second-order valence-corrected chi connectivity index (χ2v) is 9.01. The lowest BCUT2D eigenvalue weighted by Crippen LogP contribution is -2.54. The number of rotatable bonds is 4. The maximum atomic E-state index is 13.1. The first-order valence-electron chi connectivity index (χ1n) is 9.62. The summed E-state index contributed by atoms with van der Waals surface area (Å²) in [6, 6.07) is 3.78. The van der Waals surface area contributed by atoms with Crippen LogP contribution in [0.5, 0.6) is 0 Å². The Bertz CT molecular complexity index is 897. The van der Waals surface area contributed by atoms with Crippen molar-refractivity contribution in [2.45, 2.75) is 52.5 Å². The summed E-state index contributed by atoms with van der Waals surface area (Å²) in [5.74, 6) is -0.699. The third-order valence-corrected chi connectivity index (χ3v) is 5.70. The number of imide groups is 1. The van der Waals surface area contributed by atoms with E-state index >= 15 is 0 Å². The average molecular weight is 402 g/mol. The third kappa shape index (κ3) is 3.94.